The zero-order chi connectivity index (χ0) is 15.0. The molecule has 1 aliphatic rings. The van der Waals surface area contributed by atoms with Crippen molar-refractivity contribution < 1.29 is 9.59 Å². The first-order valence-electron chi connectivity index (χ1n) is 7.25. The summed E-state index contributed by atoms with van der Waals surface area (Å²) >= 11 is 0. The van der Waals surface area contributed by atoms with Gasteiger partial charge in [-0.05, 0) is 31.7 Å². The van der Waals surface area contributed by atoms with E-state index in [2.05, 4.69) is 13.8 Å². The van der Waals surface area contributed by atoms with Gasteiger partial charge in [-0.25, -0.2) is 0 Å². The van der Waals surface area contributed by atoms with Crippen LogP contribution in [0.25, 0.3) is 0 Å². The Bertz CT molecular complexity index is 543. The lowest BCUT2D eigenvalue weighted by atomic mass is 9.95. The van der Waals surface area contributed by atoms with E-state index in [0.29, 0.717) is 24.8 Å². The van der Waals surface area contributed by atoms with Crippen LogP contribution >= 0.6 is 0 Å². The largest absolute Gasteiger partial charge is 0.351 e. The van der Waals surface area contributed by atoms with E-state index in [1.807, 2.05) is 31.5 Å². The van der Waals surface area contributed by atoms with Gasteiger partial charge in [0.05, 0.1) is 6.54 Å². The quantitative estimate of drug-likeness (QED) is 0.792. The molecule has 1 aliphatic heterocycles. The minimum atomic E-state index is 0.0453. The van der Waals surface area contributed by atoms with Crippen LogP contribution in [0.3, 0.4) is 0 Å². The molecule has 4 heteroatoms. The van der Waals surface area contributed by atoms with Crippen molar-refractivity contribution in [1.82, 2.24) is 9.47 Å². The molecule has 0 aromatic carbocycles. The van der Waals surface area contributed by atoms with E-state index in [4.69, 9.17) is 0 Å². The number of amides is 1. The number of hydrogen-bond donors (Lipinski definition) is 0. The van der Waals surface area contributed by atoms with E-state index in [-0.39, 0.29) is 18.2 Å². The average molecular weight is 276 g/mol. The summed E-state index contributed by atoms with van der Waals surface area (Å²) in [6, 6.07) is 1.91. The lowest BCUT2D eigenvalue weighted by Crippen LogP contribution is -2.31. The summed E-state index contributed by atoms with van der Waals surface area (Å²) in [4.78, 5) is 26.1. The molecule has 1 aromatic heterocycles. The second-order valence-corrected chi connectivity index (χ2v) is 6.25. The fraction of sp³-hybridized carbons (Fsp3) is 0.625. The maximum absolute atomic E-state index is 12.4. The van der Waals surface area contributed by atoms with Gasteiger partial charge >= 0.3 is 0 Å². The number of carbonyl (C=O) groups excluding carboxylic acids is 2. The third-order valence-electron chi connectivity index (χ3n) is 4.60. The fourth-order valence-electron chi connectivity index (χ4n) is 2.80. The molecule has 20 heavy (non-hydrogen) atoms. The summed E-state index contributed by atoms with van der Waals surface area (Å²) < 4.78 is 2.01. The molecule has 0 N–H and O–H groups in total. The highest BCUT2D eigenvalue weighted by Crippen LogP contribution is 2.25. The molecule has 1 atom stereocenters. The van der Waals surface area contributed by atoms with Crippen molar-refractivity contribution >= 4 is 11.7 Å². The van der Waals surface area contributed by atoms with Crippen LogP contribution in [0.5, 0.6) is 0 Å². The van der Waals surface area contributed by atoms with Gasteiger partial charge in [-0.2, -0.15) is 0 Å². The molecule has 1 amide bonds. The maximum Gasteiger partial charge on any atom is 0.223 e. The SMILES string of the molecule is Cc1cc(C(=O)CN2CC(C(C)C)CC2=O)c(C)n1C. The second kappa shape index (κ2) is 5.43. The lowest BCUT2D eigenvalue weighted by molar-refractivity contribution is -0.127. The van der Waals surface area contributed by atoms with Gasteiger partial charge in [-0.15, -0.1) is 0 Å². The molecule has 0 bridgehead atoms. The predicted octanol–water partition coefficient (Wildman–Crippen LogP) is 2.33. The molecule has 0 spiro atoms. The smallest absolute Gasteiger partial charge is 0.223 e. The summed E-state index contributed by atoms with van der Waals surface area (Å²) in [7, 11) is 1.96. The lowest BCUT2D eigenvalue weighted by Gasteiger charge is -2.17. The summed E-state index contributed by atoms with van der Waals surface area (Å²) in [5, 5.41) is 0. The zero-order valence-corrected chi connectivity index (χ0v) is 13.1. The number of Topliss-reactive ketones (excluding diaryl/α,β-unsaturated/α-hetero) is 1. The highest BCUT2D eigenvalue weighted by Gasteiger charge is 2.32. The van der Waals surface area contributed by atoms with Crippen LogP contribution in [0.15, 0.2) is 6.07 Å². The van der Waals surface area contributed by atoms with E-state index < -0.39 is 0 Å². The molecule has 1 saturated heterocycles. The van der Waals surface area contributed by atoms with Crippen molar-refractivity contribution in [1.29, 1.82) is 0 Å². The van der Waals surface area contributed by atoms with E-state index in [1.165, 1.54) is 0 Å². The van der Waals surface area contributed by atoms with E-state index >= 15 is 0 Å². The normalized spacial score (nSPS) is 19.2. The van der Waals surface area contributed by atoms with Crippen molar-refractivity contribution in [3.05, 3.63) is 23.0 Å². The molecule has 0 aliphatic carbocycles. The third kappa shape index (κ3) is 2.65. The van der Waals surface area contributed by atoms with Gasteiger partial charge in [0.25, 0.3) is 0 Å². The maximum atomic E-state index is 12.4. The zero-order valence-electron chi connectivity index (χ0n) is 13.1. The third-order valence-corrected chi connectivity index (χ3v) is 4.60. The highest BCUT2D eigenvalue weighted by molar-refractivity contribution is 6.00. The Morgan fingerprint density at radius 3 is 2.50 bits per heavy atom. The summed E-state index contributed by atoms with van der Waals surface area (Å²) in [6.07, 6.45) is 0.581. The number of nitrogens with zero attached hydrogens (tertiary/aromatic N) is 2. The first-order chi connectivity index (χ1) is 9.31. The van der Waals surface area contributed by atoms with Crippen LogP contribution in [-0.2, 0) is 11.8 Å². The highest BCUT2D eigenvalue weighted by atomic mass is 16.2. The number of carbonyl (C=O) groups is 2. The van der Waals surface area contributed by atoms with Crippen molar-refractivity contribution in [3.8, 4) is 0 Å². The van der Waals surface area contributed by atoms with Crippen molar-refractivity contribution in [3.63, 3.8) is 0 Å². The molecule has 2 rings (SSSR count). The number of ketones is 1. The van der Waals surface area contributed by atoms with Gasteiger partial charge in [0.1, 0.15) is 0 Å². The monoisotopic (exact) mass is 276 g/mol. The predicted molar refractivity (Wildman–Crippen MR) is 78.7 cm³/mol. The van der Waals surface area contributed by atoms with Gasteiger partial charge in [0.15, 0.2) is 5.78 Å². The summed E-state index contributed by atoms with van der Waals surface area (Å²) in [5.74, 6) is 1.03. The molecule has 1 unspecified atom stereocenters. The van der Waals surface area contributed by atoms with Gasteiger partial charge in [0.2, 0.25) is 5.91 Å². The number of likely N-dealkylation sites (tertiary alicyclic amines) is 1. The summed E-state index contributed by atoms with van der Waals surface area (Å²) in [5.41, 5.74) is 2.78. The number of aryl methyl sites for hydroxylation is 1. The molecule has 1 aromatic rings. The van der Waals surface area contributed by atoms with Crippen molar-refractivity contribution in [2.75, 3.05) is 13.1 Å². The molecular formula is C16H24N2O2. The molecule has 0 saturated carbocycles. The van der Waals surface area contributed by atoms with Gasteiger partial charge in [-0.3, -0.25) is 9.59 Å². The van der Waals surface area contributed by atoms with E-state index in [1.54, 1.807) is 4.90 Å². The molecular weight excluding hydrogens is 252 g/mol. The molecule has 4 nitrogen and oxygen atoms in total. The average Bonchev–Trinajstić information content (AvgIpc) is 2.86. The Kier molecular flexibility index (Phi) is 4.02. The van der Waals surface area contributed by atoms with Crippen LogP contribution in [0, 0.1) is 25.7 Å². The Balaban J connectivity index is 2.09. The number of aromatic nitrogens is 1. The molecule has 1 fully saturated rings. The van der Waals surface area contributed by atoms with Gasteiger partial charge in [0, 0.05) is 37.0 Å². The molecule has 0 radical (unpaired) electrons. The topological polar surface area (TPSA) is 42.3 Å². The first kappa shape index (κ1) is 14.8. The molecule has 110 valence electrons. The Labute approximate surface area is 120 Å². The minimum absolute atomic E-state index is 0.0453. The Morgan fingerprint density at radius 1 is 1.40 bits per heavy atom. The number of hydrogen-bond acceptors (Lipinski definition) is 2. The minimum Gasteiger partial charge on any atom is -0.351 e. The Hall–Kier alpha value is -1.58. The standard InChI is InChI=1S/C16H24N2O2/c1-10(2)13-7-16(20)18(8-13)9-15(19)14-6-11(3)17(5)12(14)4/h6,10,13H,7-9H2,1-5H3. The van der Waals surface area contributed by atoms with Crippen LogP contribution < -0.4 is 0 Å². The van der Waals surface area contributed by atoms with E-state index in [0.717, 1.165) is 17.0 Å². The molecule has 2 heterocycles. The second-order valence-electron chi connectivity index (χ2n) is 6.25. The van der Waals surface area contributed by atoms with E-state index in [9.17, 15) is 9.59 Å². The first-order valence-corrected chi connectivity index (χ1v) is 7.25. The Morgan fingerprint density at radius 2 is 2.05 bits per heavy atom. The van der Waals surface area contributed by atoms with Crippen LogP contribution in [0.4, 0.5) is 0 Å². The number of rotatable bonds is 4. The van der Waals surface area contributed by atoms with Crippen molar-refractivity contribution in [2.24, 2.45) is 18.9 Å². The van der Waals surface area contributed by atoms with Crippen LogP contribution in [0.2, 0.25) is 0 Å². The van der Waals surface area contributed by atoms with Gasteiger partial charge < -0.3 is 9.47 Å². The van der Waals surface area contributed by atoms with Crippen molar-refractivity contribution in [2.45, 2.75) is 34.1 Å². The van der Waals surface area contributed by atoms with Gasteiger partial charge in [-0.1, -0.05) is 13.8 Å². The van der Waals surface area contributed by atoms with Crippen LogP contribution in [0.1, 0.15) is 42.0 Å². The van der Waals surface area contributed by atoms with Crippen LogP contribution in [-0.4, -0.2) is 34.2 Å². The fourth-order valence-corrected chi connectivity index (χ4v) is 2.80. The summed E-state index contributed by atoms with van der Waals surface area (Å²) in [6.45, 7) is 9.13.